The number of rotatable bonds is 2. The fourth-order valence-electron chi connectivity index (χ4n) is 2.94. The number of carbonyl (C=O) groups is 3. The fourth-order valence-corrected chi connectivity index (χ4v) is 2.94. The number of carbonyl (C=O) groups excluding carboxylic acids is 1. The van der Waals surface area contributed by atoms with Crippen LogP contribution in [0, 0.1) is 11.8 Å². The summed E-state index contributed by atoms with van der Waals surface area (Å²) in [5, 5.41) is 18.1. The maximum Gasteiger partial charge on any atom is 0.321 e. The largest absolute Gasteiger partial charge is 0.481 e. The van der Waals surface area contributed by atoms with Gasteiger partial charge >= 0.3 is 17.9 Å². The average Bonchev–Trinajstić information content (AvgIpc) is 2.52. The molecule has 2 fully saturated rings. The molecule has 2 rings (SSSR count). The first-order valence-electron chi connectivity index (χ1n) is 5.66. The molecular formula is C11H14O6. The zero-order chi connectivity index (χ0) is 12.6. The van der Waals surface area contributed by atoms with Gasteiger partial charge in [-0.25, -0.2) is 0 Å². The molecule has 1 aliphatic carbocycles. The quantitative estimate of drug-likeness (QED) is 0.544. The first kappa shape index (κ1) is 11.9. The molecule has 0 amide bonds. The van der Waals surface area contributed by atoms with E-state index in [4.69, 9.17) is 9.84 Å². The van der Waals surface area contributed by atoms with Crippen LogP contribution in [0.25, 0.3) is 0 Å². The molecule has 2 atom stereocenters. The Morgan fingerprint density at radius 1 is 1.12 bits per heavy atom. The molecule has 1 aliphatic heterocycles. The molecule has 6 heteroatoms. The van der Waals surface area contributed by atoms with Crippen molar-refractivity contribution >= 4 is 17.9 Å². The highest BCUT2D eigenvalue weighted by Gasteiger charge is 2.61. The number of carboxylic acids is 2. The Labute approximate surface area is 97.6 Å². The van der Waals surface area contributed by atoms with Crippen LogP contribution in [0.5, 0.6) is 0 Å². The van der Waals surface area contributed by atoms with E-state index in [0.717, 1.165) is 19.3 Å². The van der Waals surface area contributed by atoms with Crippen LogP contribution in [0.4, 0.5) is 0 Å². The minimum Gasteiger partial charge on any atom is -0.481 e. The monoisotopic (exact) mass is 242 g/mol. The lowest BCUT2D eigenvalue weighted by atomic mass is 9.72. The molecule has 1 saturated carbocycles. The van der Waals surface area contributed by atoms with Crippen molar-refractivity contribution < 1.29 is 29.3 Å². The van der Waals surface area contributed by atoms with E-state index in [1.54, 1.807) is 0 Å². The maximum absolute atomic E-state index is 11.5. The number of esters is 1. The zero-order valence-corrected chi connectivity index (χ0v) is 9.22. The molecule has 2 N–H and O–H groups in total. The molecule has 2 aliphatic rings. The van der Waals surface area contributed by atoms with Gasteiger partial charge < -0.3 is 14.9 Å². The Kier molecular flexibility index (Phi) is 2.81. The summed E-state index contributed by atoms with van der Waals surface area (Å²) in [7, 11) is 0. The second-order valence-corrected chi connectivity index (χ2v) is 4.68. The number of aliphatic carboxylic acids is 2. The lowest BCUT2D eigenvalue weighted by Crippen LogP contribution is -2.44. The molecule has 1 saturated heterocycles. The lowest BCUT2D eigenvalue weighted by Gasteiger charge is -2.35. The van der Waals surface area contributed by atoms with Crippen molar-refractivity contribution in [1.29, 1.82) is 0 Å². The van der Waals surface area contributed by atoms with Crippen LogP contribution in [-0.4, -0.2) is 33.7 Å². The van der Waals surface area contributed by atoms with Gasteiger partial charge in [-0.15, -0.1) is 0 Å². The summed E-state index contributed by atoms with van der Waals surface area (Å²) in [6, 6.07) is 0. The molecule has 0 bridgehead atoms. The molecule has 1 heterocycles. The van der Waals surface area contributed by atoms with Crippen LogP contribution in [0.1, 0.15) is 32.1 Å². The van der Waals surface area contributed by atoms with Crippen molar-refractivity contribution in [3.8, 4) is 0 Å². The second-order valence-electron chi connectivity index (χ2n) is 4.68. The van der Waals surface area contributed by atoms with Crippen molar-refractivity contribution in [2.45, 2.75) is 37.7 Å². The lowest BCUT2D eigenvalue weighted by molar-refractivity contribution is -0.157. The number of ether oxygens (including phenoxy) is 1. The molecule has 94 valence electrons. The highest BCUT2D eigenvalue weighted by molar-refractivity contribution is 6.00. The maximum atomic E-state index is 11.5. The summed E-state index contributed by atoms with van der Waals surface area (Å²) >= 11 is 0. The van der Waals surface area contributed by atoms with Crippen LogP contribution < -0.4 is 0 Å². The molecule has 0 radical (unpaired) electrons. The summed E-state index contributed by atoms with van der Waals surface area (Å²) < 4.78 is 5.14. The van der Waals surface area contributed by atoms with E-state index < -0.39 is 35.3 Å². The molecule has 0 aromatic carbocycles. The first-order chi connectivity index (χ1) is 7.98. The Balaban J connectivity index is 2.37. The van der Waals surface area contributed by atoms with Crippen molar-refractivity contribution in [3.63, 3.8) is 0 Å². The predicted molar refractivity (Wildman–Crippen MR) is 54.2 cm³/mol. The van der Waals surface area contributed by atoms with Gasteiger partial charge in [0, 0.05) is 0 Å². The Morgan fingerprint density at radius 2 is 1.71 bits per heavy atom. The first-order valence-corrected chi connectivity index (χ1v) is 5.66. The molecule has 2 unspecified atom stereocenters. The van der Waals surface area contributed by atoms with E-state index in [1.807, 2.05) is 0 Å². The van der Waals surface area contributed by atoms with E-state index in [2.05, 4.69) is 0 Å². The zero-order valence-electron chi connectivity index (χ0n) is 9.22. The number of hydrogen-bond acceptors (Lipinski definition) is 4. The van der Waals surface area contributed by atoms with E-state index in [0.29, 0.717) is 12.8 Å². The third-order valence-corrected chi connectivity index (χ3v) is 3.69. The number of hydrogen-bond donors (Lipinski definition) is 2. The summed E-state index contributed by atoms with van der Waals surface area (Å²) in [5.41, 5.74) is -1.09. The van der Waals surface area contributed by atoms with Crippen LogP contribution in [0.3, 0.4) is 0 Å². The standard InChI is InChI=1S/C11H14O6/c12-8(13)6-7(9(14)15)11(17-10(6)16)4-2-1-3-5-11/h6-7H,1-5H2,(H,12,13)(H,14,15). The number of carboxylic acid groups (broad SMARTS) is 2. The smallest absolute Gasteiger partial charge is 0.321 e. The molecule has 0 aromatic heterocycles. The van der Waals surface area contributed by atoms with Crippen LogP contribution in [0.2, 0.25) is 0 Å². The third kappa shape index (κ3) is 1.77. The minimum absolute atomic E-state index is 0.444. The molecule has 6 nitrogen and oxygen atoms in total. The van der Waals surface area contributed by atoms with Gasteiger partial charge in [-0.2, -0.15) is 0 Å². The summed E-state index contributed by atoms with van der Waals surface area (Å²) in [6.07, 6.45) is 3.38. The van der Waals surface area contributed by atoms with Crippen LogP contribution in [0.15, 0.2) is 0 Å². The summed E-state index contributed by atoms with van der Waals surface area (Å²) in [5.74, 6) is -6.40. The van der Waals surface area contributed by atoms with Gasteiger partial charge in [0.1, 0.15) is 11.5 Å². The van der Waals surface area contributed by atoms with Crippen molar-refractivity contribution in [2.24, 2.45) is 11.8 Å². The van der Waals surface area contributed by atoms with Gasteiger partial charge in [-0.1, -0.05) is 6.42 Å². The van der Waals surface area contributed by atoms with E-state index in [1.165, 1.54) is 0 Å². The van der Waals surface area contributed by atoms with Crippen molar-refractivity contribution in [3.05, 3.63) is 0 Å². The van der Waals surface area contributed by atoms with E-state index >= 15 is 0 Å². The van der Waals surface area contributed by atoms with Gasteiger partial charge in [-0.05, 0) is 25.7 Å². The SMILES string of the molecule is O=C(O)C1C(=O)OC2(CCCCC2)C1C(=O)O. The van der Waals surface area contributed by atoms with Gasteiger partial charge in [0.05, 0.1) is 0 Å². The Morgan fingerprint density at radius 3 is 2.18 bits per heavy atom. The highest BCUT2D eigenvalue weighted by Crippen LogP contribution is 2.46. The summed E-state index contributed by atoms with van der Waals surface area (Å²) in [6.45, 7) is 0. The Hall–Kier alpha value is -1.59. The summed E-state index contributed by atoms with van der Waals surface area (Å²) in [4.78, 5) is 33.8. The van der Waals surface area contributed by atoms with Crippen LogP contribution >= 0.6 is 0 Å². The molecule has 1 spiro atoms. The fraction of sp³-hybridized carbons (Fsp3) is 0.727. The van der Waals surface area contributed by atoms with Gasteiger partial charge in [0.15, 0.2) is 5.92 Å². The topological polar surface area (TPSA) is 101 Å². The predicted octanol–water partition coefficient (Wildman–Crippen LogP) is 0.648. The third-order valence-electron chi connectivity index (χ3n) is 3.69. The van der Waals surface area contributed by atoms with Crippen LogP contribution in [-0.2, 0) is 19.1 Å². The van der Waals surface area contributed by atoms with Gasteiger partial charge in [0.2, 0.25) is 0 Å². The normalized spacial score (nSPS) is 31.2. The van der Waals surface area contributed by atoms with Gasteiger partial charge in [0.25, 0.3) is 0 Å². The van der Waals surface area contributed by atoms with Crippen molar-refractivity contribution in [2.75, 3.05) is 0 Å². The van der Waals surface area contributed by atoms with Crippen molar-refractivity contribution in [1.82, 2.24) is 0 Å². The highest BCUT2D eigenvalue weighted by atomic mass is 16.6. The van der Waals surface area contributed by atoms with Gasteiger partial charge in [-0.3, -0.25) is 14.4 Å². The van der Waals surface area contributed by atoms with E-state index in [-0.39, 0.29) is 0 Å². The Bertz CT molecular complexity index is 368. The average molecular weight is 242 g/mol. The molecule has 0 aromatic rings. The molecule has 17 heavy (non-hydrogen) atoms. The molecular weight excluding hydrogens is 228 g/mol. The van der Waals surface area contributed by atoms with E-state index in [9.17, 15) is 19.5 Å². The minimum atomic E-state index is -1.56. The second kappa shape index (κ2) is 4.01.